The molecule has 0 unspecified atom stereocenters. The second kappa shape index (κ2) is 6.52. The van der Waals surface area contributed by atoms with Crippen molar-refractivity contribution in [1.29, 1.82) is 0 Å². The van der Waals surface area contributed by atoms with Crippen LogP contribution in [0.3, 0.4) is 0 Å². The molecule has 6 heteroatoms. The second-order valence-corrected chi connectivity index (χ2v) is 7.03. The lowest BCUT2D eigenvalue weighted by Gasteiger charge is -2.32. The van der Waals surface area contributed by atoms with Gasteiger partial charge in [-0.25, -0.2) is 4.39 Å². The molecule has 3 fully saturated rings. The average Bonchev–Trinajstić information content (AvgIpc) is 2.94. The van der Waals surface area contributed by atoms with Crippen LogP contribution in [0.25, 0.3) is 11.3 Å². The molecule has 0 radical (unpaired) electrons. The quantitative estimate of drug-likeness (QED) is 0.834. The first-order chi connectivity index (χ1) is 12.5. The Kier molecular flexibility index (Phi) is 4.18. The SMILES string of the molecule is CN1C(=O)[C@@H]2CC[C@H]1CN(C(=O)c1ccc(-c3cccc(F)c3)nc1)C2. The van der Waals surface area contributed by atoms with E-state index in [2.05, 4.69) is 4.98 Å². The lowest BCUT2D eigenvalue weighted by Crippen LogP contribution is -2.45. The molecule has 3 aliphatic heterocycles. The standard InChI is InChI=1S/C20H20FN3O2/c1-23-17-7-5-15(19(23)25)11-24(12-17)20(26)14-6-8-18(22-10-14)13-3-2-4-16(21)9-13/h2-4,6,8-10,15,17H,5,7,11-12H2,1H3/t15-,17+/m1/s1. The minimum atomic E-state index is -0.321. The number of likely N-dealkylation sites (N-methyl/N-ethyl adjacent to an activating group) is 1. The van der Waals surface area contributed by atoms with Gasteiger partial charge in [0.15, 0.2) is 0 Å². The summed E-state index contributed by atoms with van der Waals surface area (Å²) in [5, 5.41) is 0. The molecule has 5 rings (SSSR count). The van der Waals surface area contributed by atoms with Crippen LogP contribution in [0.5, 0.6) is 0 Å². The molecule has 0 N–H and O–H groups in total. The van der Waals surface area contributed by atoms with Gasteiger partial charge in [-0.1, -0.05) is 12.1 Å². The lowest BCUT2D eigenvalue weighted by molar-refractivity contribution is -0.138. The number of pyridine rings is 1. The van der Waals surface area contributed by atoms with Crippen molar-refractivity contribution in [3.8, 4) is 11.3 Å². The fraction of sp³-hybridized carbons (Fsp3) is 0.350. The maximum Gasteiger partial charge on any atom is 0.255 e. The number of benzene rings is 1. The van der Waals surface area contributed by atoms with Crippen LogP contribution in [-0.2, 0) is 4.79 Å². The highest BCUT2D eigenvalue weighted by Crippen LogP contribution is 2.29. The van der Waals surface area contributed by atoms with E-state index in [0.717, 1.165) is 12.8 Å². The second-order valence-electron chi connectivity index (χ2n) is 7.03. The van der Waals surface area contributed by atoms with Gasteiger partial charge in [0, 0.05) is 37.9 Å². The maximum atomic E-state index is 13.4. The van der Waals surface area contributed by atoms with E-state index >= 15 is 0 Å². The zero-order valence-electron chi connectivity index (χ0n) is 14.6. The third-order valence-corrected chi connectivity index (χ3v) is 5.38. The van der Waals surface area contributed by atoms with Crippen molar-refractivity contribution in [2.75, 3.05) is 20.1 Å². The average molecular weight is 353 g/mol. The number of nitrogens with zero attached hydrogens (tertiary/aromatic N) is 3. The first kappa shape index (κ1) is 16.7. The summed E-state index contributed by atoms with van der Waals surface area (Å²) in [6.07, 6.45) is 3.31. The van der Waals surface area contributed by atoms with Crippen LogP contribution in [0, 0.1) is 11.7 Å². The monoisotopic (exact) mass is 353 g/mol. The van der Waals surface area contributed by atoms with Crippen molar-refractivity contribution in [3.63, 3.8) is 0 Å². The van der Waals surface area contributed by atoms with Gasteiger partial charge in [0.25, 0.3) is 5.91 Å². The highest BCUT2D eigenvalue weighted by atomic mass is 19.1. The van der Waals surface area contributed by atoms with E-state index in [1.54, 1.807) is 34.1 Å². The first-order valence-corrected chi connectivity index (χ1v) is 8.81. The normalized spacial score (nSPS) is 22.5. The zero-order chi connectivity index (χ0) is 18.3. The molecule has 1 aromatic heterocycles. The number of amides is 2. The maximum absolute atomic E-state index is 13.4. The van der Waals surface area contributed by atoms with E-state index in [1.165, 1.54) is 18.3 Å². The molecule has 4 heterocycles. The molecular formula is C20H20FN3O2. The molecule has 0 spiro atoms. The number of fused-ring (bicyclic) bond motifs is 4. The van der Waals surface area contributed by atoms with Crippen LogP contribution in [-0.4, -0.2) is 52.8 Å². The van der Waals surface area contributed by atoms with Gasteiger partial charge in [0.05, 0.1) is 17.2 Å². The fourth-order valence-corrected chi connectivity index (χ4v) is 3.84. The Morgan fingerprint density at radius 3 is 2.77 bits per heavy atom. The predicted octanol–water partition coefficient (Wildman–Crippen LogP) is 2.58. The van der Waals surface area contributed by atoms with Crippen molar-refractivity contribution in [2.45, 2.75) is 18.9 Å². The Balaban J connectivity index is 1.54. The van der Waals surface area contributed by atoms with E-state index in [0.29, 0.717) is 29.9 Å². The number of hydrogen-bond donors (Lipinski definition) is 0. The summed E-state index contributed by atoms with van der Waals surface area (Å²) in [5.41, 5.74) is 1.78. The van der Waals surface area contributed by atoms with Gasteiger partial charge in [-0.15, -0.1) is 0 Å². The van der Waals surface area contributed by atoms with Crippen molar-refractivity contribution in [3.05, 3.63) is 54.0 Å². The highest BCUT2D eigenvalue weighted by Gasteiger charge is 2.40. The largest absolute Gasteiger partial charge is 0.341 e. The number of hydrogen-bond acceptors (Lipinski definition) is 3. The topological polar surface area (TPSA) is 53.5 Å². The Labute approximate surface area is 151 Å². The summed E-state index contributed by atoms with van der Waals surface area (Å²) in [6.45, 7) is 1.02. The Bertz CT molecular complexity index is 852. The Morgan fingerprint density at radius 2 is 2.04 bits per heavy atom. The summed E-state index contributed by atoms with van der Waals surface area (Å²) in [5.74, 6) is -0.403. The van der Waals surface area contributed by atoms with E-state index in [-0.39, 0.29) is 29.6 Å². The molecule has 5 nitrogen and oxygen atoms in total. The van der Waals surface area contributed by atoms with Gasteiger partial charge in [-0.3, -0.25) is 14.6 Å². The van der Waals surface area contributed by atoms with Crippen molar-refractivity contribution < 1.29 is 14.0 Å². The Hall–Kier alpha value is -2.76. The molecular weight excluding hydrogens is 333 g/mol. The van der Waals surface area contributed by atoms with E-state index in [1.807, 2.05) is 7.05 Å². The summed E-state index contributed by atoms with van der Waals surface area (Å²) >= 11 is 0. The van der Waals surface area contributed by atoms with Crippen LogP contribution in [0.4, 0.5) is 4.39 Å². The smallest absolute Gasteiger partial charge is 0.255 e. The third-order valence-electron chi connectivity index (χ3n) is 5.38. The van der Waals surface area contributed by atoms with Gasteiger partial charge in [0.1, 0.15) is 5.82 Å². The fourth-order valence-electron chi connectivity index (χ4n) is 3.84. The molecule has 3 aliphatic rings. The van der Waals surface area contributed by atoms with Gasteiger partial charge in [0.2, 0.25) is 5.91 Å². The molecule has 26 heavy (non-hydrogen) atoms. The number of carbonyl (C=O) groups excluding carboxylic acids is 2. The molecule has 2 aromatic rings. The number of rotatable bonds is 2. The number of carbonyl (C=O) groups is 2. The lowest BCUT2D eigenvalue weighted by atomic mass is 9.95. The number of aromatic nitrogens is 1. The molecule has 0 aliphatic carbocycles. The molecule has 2 atom stereocenters. The molecule has 2 amide bonds. The van der Waals surface area contributed by atoms with E-state index in [4.69, 9.17) is 0 Å². The van der Waals surface area contributed by atoms with Crippen molar-refractivity contribution in [2.24, 2.45) is 5.92 Å². The van der Waals surface area contributed by atoms with Gasteiger partial charge in [-0.2, -0.15) is 0 Å². The molecule has 0 saturated carbocycles. The van der Waals surface area contributed by atoms with Gasteiger partial charge >= 0.3 is 0 Å². The van der Waals surface area contributed by atoms with Crippen LogP contribution >= 0.6 is 0 Å². The molecule has 2 bridgehead atoms. The van der Waals surface area contributed by atoms with E-state index < -0.39 is 0 Å². The molecule has 134 valence electrons. The minimum absolute atomic E-state index is 0.0877. The first-order valence-electron chi connectivity index (χ1n) is 8.81. The molecule has 3 saturated heterocycles. The van der Waals surface area contributed by atoms with Crippen LogP contribution in [0.2, 0.25) is 0 Å². The number of piperidine rings is 1. The van der Waals surface area contributed by atoms with Crippen molar-refractivity contribution >= 4 is 11.8 Å². The highest BCUT2D eigenvalue weighted by molar-refractivity contribution is 5.95. The van der Waals surface area contributed by atoms with Crippen LogP contribution in [0.15, 0.2) is 42.6 Å². The molecule has 1 aromatic carbocycles. The van der Waals surface area contributed by atoms with Gasteiger partial charge in [-0.05, 0) is 37.1 Å². The van der Waals surface area contributed by atoms with Crippen molar-refractivity contribution in [1.82, 2.24) is 14.8 Å². The summed E-state index contributed by atoms with van der Waals surface area (Å²) in [4.78, 5) is 33.0. The summed E-state index contributed by atoms with van der Waals surface area (Å²) in [7, 11) is 1.82. The van der Waals surface area contributed by atoms with E-state index in [9.17, 15) is 14.0 Å². The Morgan fingerprint density at radius 1 is 1.19 bits per heavy atom. The van der Waals surface area contributed by atoms with Crippen LogP contribution in [0.1, 0.15) is 23.2 Å². The zero-order valence-corrected chi connectivity index (χ0v) is 14.6. The predicted molar refractivity (Wildman–Crippen MR) is 94.8 cm³/mol. The summed E-state index contributed by atoms with van der Waals surface area (Å²) < 4.78 is 13.4. The third kappa shape index (κ3) is 2.96. The summed E-state index contributed by atoms with van der Waals surface area (Å²) in [6, 6.07) is 9.74. The van der Waals surface area contributed by atoms with Gasteiger partial charge < -0.3 is 9.80 Å². The van der Waals surface area contributed by atoms with Crippen LogP contribution < -0.4 is 0 Å². The number of halogens is 1. The minimum Gasteiger partial charge on any atom is -0.341 e.